The van der Waals surface area contributed by atoms with Gasteiger partial charge in [-0.15, -0.1) is 11.3 Å². The van der Waals surface area contributed by atoms with Gasteiger partial charge in [-0.2, -0.15) is 5.26 Å². The first-order valence-electron chi connectivity index (χ1n) is 6.63. The van der Waals surface area contributed by atoms with Gasteiger partial charge in [-0.25, -0.2) is 4.98 Å². The maximum Gasteiger partial charge on any atom is 0.261 e. The van der Waals surface area contributed by atoms with E-state index in [1.807, 2.05) is 6.07 Å². The molecule has 114 valence electrons. The average molecular weight is 317 g/mol. The second-order valence-corrected chi connectivity index (χ2v) is 5.38. The first-order chi connectivity index (χ1) is 10.7. The van der Waals surface area contributed by atoms with Gasteiger partial charge in [-0.05, 0) is 24.6 Å². The van der Waals surface area contributed by atoms with E-state index in [-0.39, 0.29) is 5.57 Å². The molecule has 2 rings (SSSR count). The lowest BCUT2D eigenvalue weighted by Crippen LogP contribution is -2.26. The molecule has 0 spiro atoms. The van der Waals surface area contributed by atoms with E-state index >= 15 is 0 Å². The third kappa shape index (κ3) is 4.28. The molecule has 0 fully saturated rings. The molecule has 0 unspecified atom stereocenters. The highest BCUT2D eigenvalue weighted by molar-refractivity contribution is 7.15. The standard InChI is InChI=1S/C15H15N3O3S/c1-20-6-3-5-17-14(19)11(9-16)8-12-10-18-15(22-12)13-4-2-7-21-13/h2,4,7-8,10H,3,5-6H2,1H3,(H,17,19)/b11-8+. The number of rotatable bonds is 7. The zero-order valence-electron chi connectivity index (χ0n) is 12.0. The molecule has 6 nitrogen and oxygen atoms in total. The highest BCUT2D eigenvalue weighted by atomic mass is 32.1. The van der Waals surface area contributed by atoms with E-state index in [9.17, 15) is 4.79 Å². The van der Waals surface area contributed by atoms with Crippen molar-refractivity contribution in [2.24, 2.45) is 0 Å². The zero-order chi connectivity index (χ0) is 15.8. The fourth-order valence-electron chi connectivity index (χ4n) is 1.67. The van der Waals surface area contributed by atoms with Gasteiger partial charge in [-0.3, -0.25) is 4.79 Å². The summed E-state index contributed by atoms with van der Waals surface area (Å²) in [7, 11) is 1.60. The second-order valence-electron chi connectivity index (χ2n) is 4.32. The third-order valence-corrected chi connectivity index (χ3v) is 3.68. The Morgan fingerprint density at radius 2 is 2.50 bits per heavy atom. The molecule has 2 heterocycles. The number of hydrogen-bond donors (Lipinski definition) is 1. The zero-order valence-corrected chi connectivity index (χ0v) is 12.9. The molecule has 1 N–H and O–H groups in total. The van der Waals surface area contributed by atoms with Crippen molar-refractivity contribution < 1.29 is 13.9 Å². The normalized spacial score (nSPS) is 11.2. The van der Waals surface area contributed by atoms with Crippen molar-refractivity contribution in [3.05, 3.63) is 35.0 Å². The van der Waals surface area contributed by atoms with Crippen LogP contribution >= 0.6 is 11.3 Å². The van der Waals surface area contributed by atoms with E-state index in [2.05, 4.69) is 10.3 Å². The Kier molecular flexibility index (Phi) is 5.89. The number of nitrogens with one attached hydrogen (secondary N) is 1. The molecule has 7 heteroatoms. The van der Waals surface area contributed by atoms with Crippen LogP contribution in [-0.4, -0.2) is 31.2 Å². The number of amides is 1. The molecule has 1 amide bonds. The molecule has 0 aliphatic rings. The molecule has 0 atom stereocenters. The summed E-state index contributed by atoms with van der Waals surface area (Å²) in [6.07, 6.45) is 5.40. The van der Waals surface area contributed by atoms with Gasteiger partial charge in [-0.1, -0.05) is 0 Å². The quantitative estimate of drug-likeness (QED) is 0.481. The van der Waals surface area contributed by atoms with E-state index in [0.29, 0.717) is 30.3 Å². The number of carbonyl (C=O) groups excluding carboxylic acids is 1. The molecule has 0 saturated carbocycles. The van der Waals surface area contributed by atoms with Crippen molar-refractivity contribution in [1.82, 2.24) is 10.3 Å². The van der Waals surface area contributed by atoms with Gasteiger partial charge in [0.15, 0.2) is 10.8 Å². The number of nitrogens with zero attached hydrogens (tertiary/aromatic N) is 2. The van der Waals surface area contributed by atoms with E-state index in [1.54, 1.807) is 31.7 Å². The van der Waals surface area contributed by atoms with Gasteiger partial charge in [0.2, 0.25) is 0 Å². The van der Waals surface area contributed by atoms with E-state index in [1.165, 1.54) is 17.4 Å². The van der Waals surface area contributed by atoms with E-state index in [4.69, 9.17) is 14.4 Å². The number of aromatic nitrogens is 1. The third-order valence-electron chi connectivity index (χ3n) is 2.72. The summed E-state index contributed by atoms with van der Waals surface area (Å²) in [6, 6.07) is 5.49. The minimum atomic E-state index is -0.397. The van der Waals surface area contributed by atoms with Crippen LogP contribution in [0.5, 0.6) is 0 Å². The highest BCUT2D eigenvalue weighted by Crippen LogP contribution is 2.26. The van der Waals surface area contributed by atoms with Crippen molar-refractivity contribution in [2.75, 3.05) is 20.3 Å². The van der Waals surface area contributed by atoms with Crippen molar-refractivity contribution >= 4 is 23.3 Å². The van der Waals surface area contributed by atoms with Gasteiger partial charge in [0.1, 0.15) is 11.6 Å². The minimum absolute atomic E-state index is 0.0482. The fourth-order valence-corrected chi connectivity index (χ4v) is 2.50. The number of nitriles is 1. The van der Waals surface area contributed by atoms with Crippen LogP contribution in [0.2, 0.25) is 0 Å². The Hall–Kier alpha value is -2.43. The first kappa shape index (κ1) is 15.9. The summed E-state index contributed by atoms with van der Waals surface area (Å²) in [6.45, 7) is 1.03. The molecule has 0 aliphatic heterocycles. The lowest BCUT2D eigenvalue weighted by atomic mass is 10.2. The fraction of sp³-hybridized carbons (Fsp3) is 0.267. The van der Waals surface area contributed by atoms with Gasteiger partial charge in [0.25, 0.3) is 5.91 Å². The van der Waals surface area contributed by atoms with Crippen LogP contribution in [0, 0.1) is 11.3 Å². The second kappa shape index (κ2) is 8.12. The summed E-state index contributed by atoms with van der Waals surface area (Å²) in [5, 5.41) is 12.5. The summed E-state index contributed by atoms with van der Waals surface area (Å²) in [5.74, 6) is 0.263. The summed E-state index contributed by atoms with van der Waals surface area (Å²) < 4.78 is 10.2. The molecule has 0 bridgehead atoms. The molecule has 2 aromatic heterocycles. The maximum absolute atomic E-state index is 11.9. The smallest absolute Gasteiger partial charge is 0.261 e. The largest absolute Gasteiger partial charge is 0.462 e. The van der Waals surface area contributed by atoms with Crippen molar-refractivity contribution in [2.45, 2.75) is 6.42 Å². The van der Waals surface area contributed by atoms with Crippen LogP contribution in [0.25, 0.3) is 16.8 Å². The molecule has 0 aliphatic carbocycles. The topological polar surface area (TPSA) is 88.1 Å². The lowest BCUT2D eigenvalue weighted by Gasteiger charge is -2.02. The van der Waals surface area contributed by atoms with Crippen LogP contribution < -0.4 is 5.32 Å². The predicted octanol–water partition coefficient (Wildman–Crippen LogP) is 2.46. The summed E-state index contributed by atoms with van der Waals surface area (Å²) in [5.41, 5.74) is 0.0482. The monoisotopic (exact) mass is 317 g/mol. The molecule has 0 saturated heterocycles. The Bertz CT molecular complexity index is 683. The van der Waals surface area contributed by atoms with Crippen LogP contribution in [0.1, 0.15) is 11.3 Å². The van der Waals surface area contributed by atoms with E-state index in [0.717, 1.165) is 4.88 Å². The Morgan fingerprint density at radius 3 is 3.18 bits per heavy atom. The Morgan fingerprint density at radius 1 is 1.64 bits per heavy atom. The van der Waals surface area contributed by atoms with Crippen molar-refractivity contribution in [3.63, 3.8) is 0 Å². The van der Waals surface area contributed by atoms with Crippen LogP contribution in [0.15, 0.2) is 34.6 Å². The Balaban J connectivity index is 2.03. The Labute approximate surface area is 132 Å². The maximum atomic E-state index is 11.9. The average Bonchev–Trinajstić information content (AvgIpc) is 3.19. The van der Waals surface area contributed by atoms with Crippen LogP contribution in [-0.2, 0) is 9.53 Å². The predicted molar refractivity (Wildman–Crippen MR) is 82.9 cm³/mol. The van der Waals surface area contributed by atoms with Crippen LogP contribution in [0.4, 0.5) is 0 Å². The van der Waals surface area contributed by atoms with Crippen molar-refractivity contribution in [1.29, 1.82) is 5.26 Å². The molecule has 0 radical (unpaired) electrons. The van der Waals surface area contributed by atoms with Crippen LogP contribution in [0.3, 0.4) is 0 Å². The lowest BCUT2D eigenvalue weighted by molar-refractivity contribution is -0.117. The molecule has 22 heavy (non-hydrogen) atoms. The number of furan rings is 1. The molecule has 2 aromatic rings. The van der Waals surface area contributed by atoms with Gasteiger partial charge >= 0.3 is 0 Å². The molecular weight excluding hydrogens is 302 g/mol. The number of thiazole rings is 1. The minimum Gasteiger partial charge on any atom is -0.462 e. The van der Waals surface area contributed by atoms with Gasteiger partial charge in [0.05, 0.1) is 6.26 Å². The summed E-state index contributed by atoms with van der Waals surface area (Å²) in [4.78, 5) is 16.8. The SMILES string of the molecule is COCCCNC(=O)/C(C#N)=C/c1cnc(-c2ccco2)s1. The molecule has 0 aromatic carbocycles. The highest BCUT2D eigenvalue weighted by Gasteiger charge is 2.11. The number of carbonyl (C=O) groups is 1. The van der Waals surface area contributed by atoms with Crippen molar-refractivity contribution in [3.8, 4) is 16.8 Å². The number of ether oxygens (including phenoxy) is 1. The van der Waals surface area contributed by atoms with E-state index < -0.39 is 5.91 Å². The number of hydrogen-bond acceptors (Lipinski definition) is 6. The number of methoxy groups -OCH3 is 1. The van der Waals surface area contributed by atoms with Gasteiger partial charge in [0, 0.05) is 31.3 Å². The molecular formula is C15H15N3O3S. The first-order valence-corrected chi connectivity index (χ1v) is 7.45. The summed E-state index contributed by atoms with van der Waals surface area (Å²) >= 11 is 1.35. The van der Waals surface area contributed by atoms with Gasteiger partial charge < -0.3 is 14.5 Å².